The van der Waals surface area contributed by atoms with Crippen molar-refractivity contribution in [3.8, 4) is 0 Å². The number of primary amides is 1. The predicted molar refractivity (Wildman–Crippen MR) is 104 cm³/mol. The lowest BCUT2D eigenvalue weighted by molar-refractivity contribution is -0.119. The summed E-state index contributed by atoms with van der Waals surface area (Å²) in [5, 5.41) is 3.63. The molecule has 1 aliphatic rings. The zero-order chi connectivity index (χ0) is 19.4. The van der Waals surface area contributed by atoms with Crippen LogP contribution in [0.15, 0.2) is 23.4 Å². The van der Waals surface area contributed by atoms with Crippen molar-refractivity contribution in [3.05, 3.63) is 39.9 Å². The standard InChI is InChI=1S/C18H19N3O4S2/c1-26-16-11(6-4-8-20-16)18(24)25-9-13(22)21-17-14(15(19)23)10-5-2-3-7-12(10)27-17/h4,6,8H,2-3,5,7,9H2,1H3,(H2,19,23)(H,21,22). The van der Waals surface area contributed by atoms with Crippen LogP contribution >= 0.6 is 23.1 Å². The summed E-state index contributed by atoms with van der Waals surface area (Å²) in [7, 11) is 0. The van der Waals surface area contributed by atoms with Crippen LogP contribution in [0, 0.1) is 0 Å². The van der Waals surface area contributed by atoms with Gasteiger partial charge in [0.15, 0.2) is 6.61 Å². The Labute approximate surface area is 164 Å². The van der Waals surface area contributed by atoms with Crippen LogP contribution in [0.25, 0.3) is 0 Å². The Hall–Kier alpha value is -2.39. The van der Waals surface area contributed by atoms with Crippen LogP contribution in [0.2, 0.25) is 0 Å². The molecule has 9 heteroatoms. The van der Waals surface area contributed by atoms with Crippen LogP contribution in [-0.4, -0.2) is 35.6 Å². The van der Waals surface area contributed by atoms with Crippen molar-refractivity contribution in [2.45, 2.75) is 30.7 Å². The molecule has 27 heavy (non-hydrogen) atoms. The van der Waals surface area contributed by atoms with Gasteiger partial charge in [-0.1, -0.05) is 0 Å². The fourth-order valence-electron chi connectivity index (χ4n) is 2.99. The fourth-order valence-corrected chi connectivity index (χ4v) is 4.84. The highest BCUT2D eigenvalue weighted by Crippen LogP contribution is 2.37. The second kappa shape index (κ2) is 8.53. The third kappa shape index (κ3) is 4.30. The molecule has 3 N–H and O–H groups in total. The summed E-state index contributed by atoms with van der Waals surface area (Å²) in [6, 6.07) is 3.23. The van der Waals surface area contributed by atoms with Crippen LogP contribution in [0.3, 0.4) is 0 Å². The number of hydrogen-bond acceptors (Lipinski definition) is 7. The van der Waals surface area contributed by atoms with Crippen LogP contribution in [-0.2, 0) is 22.4 Å². The zero-order valence-corrected chi connectivity index (χ0v) is 16.4. The van der Waals surface area contributed by atoms with Gasteiger partial charge in [0.05, 0.1) is 11.1 Å². The van der Waals surface area contributed by atoms with Gasteiger partial charge in [0.1, 0.15) is 10.0 Å². The molecular formula is C18H19N3O4S2. The molecule has 3 rings (SSSR count). The monoisotopic (exact) mass is 405 g/mol. The molecule has 1 aliphatic carbocycles. The Morgan fingerprint density at radius 3 is 2.85 bits per heavy atom. The van der Waals surface area contributed by atoms with E-state index >= 15 is 0 Å². The zero-order valence-electron chi connectivity index (χ0n) is 14.7. The second-order valence-electron chi connectivity index (χ2n) is 5.96. The number of nitrogens with zero attached hydrogens (tertiary/aromatic N) is 1. The first kappa shape index (κ1) is 19.4. The van der Waals surface area contributed by atoms with E-state index in [1.54, 1.807) is 24.6 Å². The number of nitrogens with two attached hydrogens (primary N) is 1. The number of fused-ring (bicyclic) bond motifs is 1. The number of ether oxygens (including phenoxy) is 1. The van der Waals surface area contributed by atoms with Gasteiger partial charge in [-0.2, -0.15) is 0 Å². The Bertz CT molecular complexity index is 895. The summed E-state index contributed by atoms with van der Waals surface area (Å²) in [4.78, 5) is 41.4. The van der Waals surface area contributed by atoms with Crippen molar-refractivity contribution in [1.82, 2.24) is 4.98 Å². The maximum Gasteiger partial charge on any atom is 0.341 e. The molecule has 142 valence electrons. The molecule has 0 saturated carbocycles. The average Bonchev–Trinajstić information content (AvgIpc) is 3.03. The summed E-state index contributed by atoms with van der Waals surface area (Å²) in [5.74, 6) is -1.69. The number of pyridine rings is 1. The highest BCUT2D eigenvalue weighted by molar-refractivity contribution is 7.98. The number of carbonyl (C=O) groups excluding carboxylic acids is 3. The van der Waals surface area contributed by atoms with Gasteiger partial charge in [0.2, 0.25) is 0 Å². The molecule has 0 fully saturated rings. The van der Waals surface area contributed by atoms with Gasteiger partial charge in [-0.3, -0.25) is 9.59 Å². The van der Waals surface area contributed by atoms with E-state index in [0.29, 0.717) is 21.2 Å². The largest absolute Gasteiger partial charge is 0.452 e. The maximum absolute atomic E-state index is 12.2. The molecule has 2 amide bonds. The van der Waals surface area contributed by atoms with E-state index in [2.05, 4.69) is 10.3 Å². The first-order valence-electron chi connectivity index (χ1n) is 8.41. The quantitative estimate of drug-likeness (QED) is 0.564. The molecule has 0 unspecified atom stereocenters. The van der Waals surface area contributed by atoms with E-state index in [0.717, 1.165) is 36.1 Å². The van der Waals surface area contributed by atoms with Crippen LogP contribution in [0.1, 0.15) is 44.0 Å². The molecule has 2 aromatic heterocycles. The number of nitrogens with one attached hydrogen (secondary N) is 1. The maximum atomic E-state index is 12.2. The minimum atomic E-state index is -0.622. The molecule has 7 nitrogen and oxygen atoms in total. The van der Waals surface area contributed by atoms with Crippen molar-refractivity contribution in [2.75, 3.05) is 18.2 Å². The summed E-state index contributed by atoms with van der Waals surface area (Å²) in [5.41, 5.74) is 7.14. The summed E-state index contributed by atoms with van der Waals surface area (Å²) in [6.45, 7) is -0.456. The molecular weight excluding hydrogens is 386 g/mol. The third-order valence-electron chi connectivity index (χ3n) is 4.19. The lowest BCUT2D eigenvalue weighted by atomic mass is 9.95. The number of amides is 2. The number of carbonyl (C=O) groups is 3. The van der Waals surface area contributed by atoms with E-state index in [9.17, 15) is 14.4 Å². The molecule has 2 heterocycles. The van der Waals surface area contributed by atoms with Crippen LogP contribution in [0.4, 0.5) is 5.00 Å². The highest BCUT2D eigenvalue weighted by atomic mass is 32.2. The minimum Gasteiger partial charge on any atom is -0.452 e. The van der Waals surface area contributed by atoms with Crippen molar-refractivity contribution in [3.63, 3.8) is 0 Å². The van der Waals surface area contributed by atoms with Gasteiger partial charge >= 0.3 is 5.97 Å². The Morgan fingerprint density at radius 1 is 1.33 bits per heavy atom. The lowest BCUT2D eigenvalue weighted by Gasteiger charge is -2.11. The van der Waals surface area contributed by atoms with E-state index in [4.69, 9.17) is 10.5 Å². The minimum absolute atomic E-state index is 0.308. The van der Waals surface area contributed by atoms with E-state index in [1.165, 1.54) is 23.1 Å². The summed E-state index contributed by atoms with van der Waals surface area (Å²) in [6.07, 6.45) is 7.10. The number of esters is 1. The Kier molecular flexibility index (Phi) is 6.12. The number of anilines is 1. The molecule has 0 aliphatic heterocycles. The SMILES string of the molecule is CSc1ncccc1C(=O)OCC(=O)Nc1sc2c(c1C(N)=O)CCCC2. The molecule has 0 radical (unpaired) electrons. The van der Waals surface area contributed by atoms with Gasteiger partial charge in [-0.25, -0.2) is 9.78 Å². The first-order valence-corrected chi connectivity index (χ1v) is 10.5. The number of thiophene rings is 1. The molecule has 0 bridgehead atoms. The Morgan fingerprint density at radius 2 is 2.11 bits per heavy atom. The smallest absolute Gasteiger partial charge is 0.341 e. The normalized spacial score (nSPS) is 12.9. The fraction of sp³-hybridized carbons (Fsp3) is 0.333. The van der Waals surface area contributed by atoms with E-state index in [1.807, 2.05) is 0 Å². The lowest BCUT2D eigenvalue weighted by Crippen LogP contribution is -2.23. The Balaban J connectivity index is 1.67. The van der Waals surface area contributed by atoms with Crippen LogP contribution < -0.4 is 11.1 Å². The molecule has 2 aromatic rings. The molecule has 0 spiro atoms. The van der Waals surface area contributed by atoms with Gasteiger partial charge in [-0.05, 0) is 49.6 Å². The predicted octanol–water partition coefficient (Wildman–Crippen LogP) is 2.64. The number of thioether (sulfide) groups is 1. The number of rotatable bonds is 6. The second-order valence-corrected chi connectivity index (χ2v) is 7.86. The number of aryl methyl sites for hydroxylation is 1. The van der Waals surface area contributed by atoms with Gasteiger partial charge in [0, 0.05) is 11.1 Å². The molecule has 0 aromatic carbocycles. The van der Waals surface area contributed by atoms with Gasteiger partial charge in [-0.15, -0.1) is 23.1 Å². The summed E-state index contributed by atoms with van der Waals surface area (Å²) < 4.78 is 5.09. The number of hydrogen-bond donors (Lipinski definition) is 2. The van der Waals surface area contributed by atoms with Crippen molar-refractivity contribution in [1.29, 1.82) is 0 Å². The number of aromatic nitrogens is 1. The first-order chi connectivity index (χ1) is 13.0. The van der Waals surface area contributed by atoms with Crippen molar-refractivity contribution in [2.24, 2.45) is 5.73 Å². The molecule has 0 atom stereocenters. The van der Waals surface area contributed by atoms with E-state index in [-0.39, 0.29) is 0 Å². The van der Waals surface area contributed by atoms with E-state index < -0.39 is 24.4 Å². The summed E-state index contributed by atoms with van der Waals surface area (Å²) >= 11 is 2.69. The van der Waals surface area contributed by atoms with Gasteiger partial charge in [0.25, 0.3) is 11.8 Å². The van der Waals surface area contributed by atoms with Crippen LogP contribution in [0.5, 0.6) is 0 Å². The highest BCUT2D eigenvalue weighted by Gasteiger charge is 2.25. The van der Waals surface area contributed by atoms with Crippen molar-refractivity contribution >= 4 is 45.9 Å². The average molecular weight is 406 g/mol. The molecule has 0 saturated heterocycles. The van der Waals surface area contributed by atoms with Gasteiger partial charge < -0.3 is 15.8 Å². The third-order valence-corrected chi connectivity index (χ3v) is 6.11. The van der Waals surface area contributed by atoms with Crippen molar-refractivity contribution < 1.29 is 19.1 Å². The topological polar surface area (TPSA) is 111 Å².